The molecule has 1 N–H and O–H groups in total. The predicted molar refractivity (Wildman–Crippen MR) is 114 cm³/mol. The molecule has 7 heteroatoms. The van der Waals surface area contributed by atoms with E-state index in [0.29, 0.717) is 5.75 Å². The molecule has 7 nitrogen and oxygen atoms in total. The van der Waals surface area contributed by atoms with E-state index in [4.69, 9.17) is 9.72 Å². The summed E-state index contributed by atoms with van der Waals surface area (Å²) in [7, 11) is 3.47. The van der Waals surface area contributed by atoms with Gasteiger partial charge in [0.15, 0.2) is 0 Å². The van der Waals surface area contributed by atoms with Crippen molar-refractivity contribution in [2.75, 3.05) is 18.6 Å². The van der Waals surface area contributed by atoms with Gasteiger partial charge in [-0.3, -0.25) is 9.67 Å². The van der Waals surface area contributed by atoms with E-state index in [1.165, 1.54) is 0 Å². The monoisotopic (exact) mass is 389 g/mol. The van der Waals surface area contributed by atoms with E-state index in [9.17, 15) is 5.11 Å². The van der Waals surface area contributed by atoms with Crippen LogP contribution in [0.25, 0.3) is 22.3 Å². The van der Waals surface area contributed by atoms with Crippen LogP contribution in [0.2, 0.25) is 0 Å². The molecule has 2 aromatic heterocycles. The highest BCUT2D eigenvalue weighted by Gasteiger charge is 2.13. The number of hydrogen-bond acceptors (Lipinski definition) is 6. The third-order valence-electron chi connectivity index (χ3n) is 4.71. The Labute approximate surface area is 169 Å². The number of methoxy groups -OCH3 is 1. The number of anilines is 2. The number of phenolic OH excluding ortho intramolecular Hbond substituents is 1. The van der Waals surface area contributed by atoms with Crippen LogP contribution in [-0.2, 0) is 7.05 Å². The van der Waals surface area contributed by atoms with E-state index in [2.05, 4.69) is 21.9 Å². The molecule has 2 heterocycles. The molecule has 0 saturated carbocycles. The molecule has 4 aromatic rings. The molecule has 4 rings (SSSR count). The number of nitrogens with zero attached hydrogens (tertiary/aromatic N) is 5. The van der Waals surface area contributed by atoms with Crippen molar-refractivity contribution in [1.82, 2.24) is 19.7 Å². The normalized spacial score (nSPS) is 11.0. The van der Waals surface area contributed by atoms with Gasteiger partial charge in [-0.15, -0.1) is 0 Å². The zero-order valence-electron chi connectivity index (χ0n) is 16.7. The first-order chi connectivity index (χ1) is 14.1. The van der Waals surface area contributed by atoms with Gasteiger partial charge in [-0.2, -0.15) is 5.10 Å². The highest BCUT2D eigenvalue weighted by Crippen LogP contribution is 2.33. The molecule has 148 valence electrons. The predicted octanol–water partition coefficient (Wildman–Crippen LogP) is 4.29. The van der Waals surface area contributed by atoms with Gasteiger partial charge < -0.3 is 14.7 Å². The van der Waals surface area contributed by atoms with Gasteiger partial charge >= 0.3 is 0 Å². The fourth-order valence-electron chi connectivity index (χ4n) is 3.33. The summed E-state index contributed by atoms with van der Waals surface area (Å²) >= 11 is 0. The largest absolute Gasteiger partial charge is 0.508 e. The van der Waals surface area contributed by atoms with E-state index < -0.39 is 0 Å². The van der Waals surface area contributed by atoms with Crippen LogP contribution in [0.3, 0.4) is 0 Å². The molecule has 0 spiro atoms. The summed E-state index contributed by atoms with van der Waals surface area (Å²) in [5.41, 5.74) is 5.17. The van der Waals surface area contributed by atoms with Crippen LogP contribution < -0.4 is 9.64 Å². The van der Waals surface area contributed by atoms with E-state index in [1.807, 2.05) is 37.5 Å². The first-order valence-corrected chi connectivity index (χ1v) is 9.49. The zero-order valence-corrected chi connectivity index (χ0v) is 16.7. The lowest BCUT2D eigenvalue weighted by molar-refractivity contribution is 0.408. The minimum absolute atomic E-state index is 0.167. The van der Waals surface area contributed by atoms with Crippen LogP contribution in [0.4, 0.5) is 11.4 Å². The standard InChI is InChI=1S/C22H23N5O2/c1-4-7-27(17-8-18(28)11-19(9-17)29-3)16-5-6-20-21(10-16)25-22(13-23-20)15-12-24-26(2)14-15/h5-6,8-14,28H,4,7H2,1-3H3. The zero-order chi connectivity index (χ0) is 20.4. The van der Waals surface area contributed by atoms with Gasteiger partial charge in [0.05, 0.1) is 36.2 Å². The van der Waals surface area contributed by atoms with Gasteiger partial charge in [-0.05, 0) is 24.6 Å². The summed E-state index contributed by atoms with van der Waals surface area (Å²) in [4.78, 5) is 11.5. The van der Waals surface area contributed by atoms with Crippen LogP contribution in [0, 0.1) is 0 Å². The molecule has 2 aromatic carbocycles. The molecule has 0 saturated heterocycles. The van der Waals surface area contributed by atoms with Crippen molar-refractivity contribution >= 4 is 22.4 Å². The number of aromatic hydroxyl groups is 1. The van der Waals surface area contributed by atoms with E-state index in [0.717, 1.165) is 46.6 Å². The highest BCUT2D eigenvalue weighted by molar-refractivity contribution is 5.82. The smallest absolute Gasteiger partial charge is 0.124 e. The number of aromatic nitrogens is 4. The summed E-state index contributed by atoms with van der Waals surface area (Å²) in [5, 5.41) is 14.3. The average Bonchev–Trinajstić information content (AvgIpc) is 3.17. The van der Waals surface area contributed by atoms with Crippen molar-refractivity contribution in [1.29, 1.82) is 0 Å². The van der Waals surface area contributed by atoms with Crippen LogP contribution in [-0.4, -0.2) is 38.5 Å². The molecular weight excluding hydrogens is 366 g/mol. The highest BCUT2D eigenvalue weighted by atomic mass is 16.5. The van der Waals surface area contributed by atoms with Gasteiger partial charge in [0.1, 0.15) is 11.5 Å². The fourth-order valence-corrected chi connectivity index (χ4v) is 3.33. The van der Waals surface area contributed by atoms with Crippen LogP contribution in [0.5, 0.6) is 11.5 Å². The Morgan fingerprint density at radius 1 is 1.07 bits per heavy atom. The third kappa shape index (κ3) is 3.85. The average molecular weight is 389 g/mol. The van der Waals surface area contributed by atoms with Gasteiger partial charge in [0.25, 0.3) is 0 Å². The second-order valence-corrected chi connectivity index (χ2v) is 6.87. The van der Waals surface area contributed by atoms with Gasteiger partial charge in [-0.25, -0.2) is 4.98 Å². The van der Waals surface area contributed by atoms with E-state index >= 15 is 0 Å². The second kappa shape index (κ2) is 7.79. The minimum Gasteiger partial charge on any atom is -0.508 e. The van der Waals surface area contributed by atoms with Crippen molar-refractivity contribution in [2.45, 2.75) is 13.3 Å². The van der Waals surface area contributed by atoms with Gasteiger partial charge in [-0.1, -0.05) is 6.92 Å². The quantitative estimate of drug-likeness (QED) is 0.530. The number of aryl methyl sites for hydroxylation is 1. The Morgan fingerprint density at radius 2 is 1.93 bits per heavy atom. The number of fused-ring (bicyclic) bond motifs is 1. The van der Waals surface area contributed by atoms with Crippen molar-refractivity contribution in [2.24, 2.45) is 7.05 Å². The first-order valence-electron chi connectivity index (χ1n) is 9.49. The minimum atomic E-state index is 0.167. The SMILES string of the molecule is CCCN(c1cc(O)cc(OC)c1)c1ccc2ncc(-c3cnn(C)c3)nc2c1. The Balaban J connectivity index is 1.78. The molecule has 29 heavy (non-hydrogen) atoms. The summed E-state index contributed by atoms with van der Waals surface area (Å²) in [6, 6.07) is 11.3. The van der Waals surface area contributed by atoms with Crippen molar-refractivity contribution in [3.63, 3.8) is 0 Å². The molecule has 0 amide bonds. The first kappa shape index (κ1) is 18.7. The number of rotatable bonds is 6. The third-order valence-corrected chi connectivity index (χ3v) is 4.71. The number of hydrogen-bond donors (Lipinski definition) is 1. The molecule has 0 aliphatic carbocycles. The number of ether oxygens (including phenoxy) is 1. The molecule has 0 bridgehead atoms. The molecule has 0 aliphatic heterocycles. The maximum Gasteiger partial charge on any atom is 0.124 e. The Hall–Kier alpha value is -3.61. The molecule has 0 fully saturated rings. The molecule has 0 radical (unpaired) electrons. The molecule has 0 atom stereocenters. The molecule has 0 aliphatic rings. The van der Waals surface area contributed by atoms with E-state index in [-0.39, 0.29) is 5.75 Å². The van der Waals surface area contributed by atoms with Crippen molar-refractivity contribution < 1.29 is 9.84 Å². The second-order valence-electron chi connectivity index (χ2n) is 6.87. The van der Waals surface area contributed by atoms with Gasteiger partial charge in [0.2, 0.25) is 0 Å². The molecular formula is C22H23N5O2. The fraction of sp³-hybridized carbons (Fsp3) is 0.227. The summed E-state index contributed by atoms with van der Waals surface area (Å²) < 4.78 is 7.07. The van der Waals surface area contributed by atoms with Crippen LogP contribution in [0.15, 0.2) is 55.0 Å². The molecule has 0 unspecified atom stereocenters. The van der Waals surface area contributed by atoms with Crippen molar-refractivity contribution in [3.8, 4) is 22.8 Å². The Kier molecular flexibility index (Phi) is 5.03. The van der Waals surface area contributed by atoms with Crippen LogP contribution >= 0.6 is 0 Å². The summed E-state index contributed by atoms with van der Waals surface area (Å²) in [6.45, 7) is 2.90. The van der Waals surface area contributed by atoms with Crippen molar-refractivity contribution in [3.05, 3.63) is 55.0 Å². The Bertz CT molecular complexity index is 1160. The van der Waals surface area contributed by atoms with Crippen LogP contribution in [0.1, 0.15) is 13.3 Å². The topological polar surface area (TPSA) is 76.3 Å². The summed E-state index contributed by atoms with van der Waals surface area (Å²) in [6.07, 6.45) is 6.41. The van der Waals surface area contributed by atoms with Gasteiger partial charge in [0, 0.05) is 54.9 Å². The Morgan fingerprint density at radius 3 is 2.66 bits per heavy atom. The summed E-state index contributed by atoms with van der Waals surface area (Å²) in [5.74, 6) is 0.778. The maximum atomic E-state index is 10.1. The maximum absolute atomic E-state index is 10.1. The lowest BCUT2D eigenvalue weighted by Gasteiger charge is -2.25. The number of benzene rings is 2. The lowest BCUT2D eigenvalue weighted by atomic mass is 10.2. The number of phenols is 1. The lowest BCUT2D eigenvalue weighted by Crippen LogP contribution is -2.17. The van der Waals surface area contributed by atoms with E-state index in [1.54, 1.807) is 36.3 Å².